The molecule has 0 saturated carbocycles. The Kier molecular flexibility index (Phi) is 3.71. The molecule has 0 aromatic heterocycles. The Balaban J connectivity index is 2.67. The highest BCUT2D eigenvalue weighted by atomic mass is 16.5. The monoisotopic (exact) mass is 186 g/mol. The van der Waals surface area contributed by atoms with E-state index >= 15 is 0 Å². The fraction of sp³-hybridized carbons (Fsp3) is 1.00. The minimum absolute atomic E-state index is 0.187. The second kappa shape index (κ2) is 4.40. The molecule has 0 aliphatic carbocycles. The highest BCUT2D eigenvalue weighted by molar-refractivity contribution is 4.93. The minimum atomic E-state index is 0.187. The fourth-order valence-corrected chi connectivity index (χ4v) is 2.17. The standard InChI is InChI=1S/C10H22N2O/c1-4-12(3)10(8-11)5-6-13-9(2)7-10/h9H,4-8,11H2,1-3H3. The maximum Gasteiger partial charge on any atom is 0.0565 e. The third-order valence-corrected chi connectivity index (χ3v) is 3.30. The first-order valence-corrected chi connectivity index (χ1v) is 5.17. The van der Waals surface area contributed by atoms with Crippen LogP contribution in [0.25, 0.3) is 0 Å². The van der Waals surface area contributed by atoms with Crippen molar-refractivity contribution in [2.75, 3.05) is 26.7 Å². The number of rotatable bonds is 3. The molecule has 1 heterocycles. The molecule has 1 saturated heterocycles. The van der Waals surface area contributed by atoms with Gasteiger partial charge in [-0.05, 0) is 33.4 Å². The van der Waals surface area contributed by atoms with E-state index in [1.807, 2.05) is 0 Å². The van der Waals surface area contributed by atoms with Gasteiger partial charge in [0.25, 0.3) is 0 Å². The lowest BCUT2D eigenvalue weighted by Gasteiger charge is -2.45. The Hall–Kier alpha value is -0.120. The first kappa shape index (κ1) is 11.0. The maximum absolute atomic E-state index is 5.88. The van der Waals surface area contributed by atoms with Crippen molar-refractivity contribution in [3.05, 3.63) is 0 Å². The van der Waals surface area contributed by atoms with Gasteiger partial charge < -0.3 is 10.5 Å². The van der Waals surface area contributed by atoms with Gasteiger partial charge in [-0.15, -0.1) is 0 Å². The van der Waals surface area contributed by atoms with E-state index in [1.54, 1.807) is 0 Å². The molecule has 2 atom stereocenters. The van der Waals surface area contributed by atoms with Gasteiger partial charge >= 0.3 is 0 Å². The molecular weight excluding hydrogens is 164 g/mol. The summed E-state index contributed by atoms with van der Waals surface area (Å²) in [6, 6.07) is 0. The summed E-state index contributed by atoms with van der Waals surface area (Å²) >= 11 is 0. The van der Waals surface area contributed by atoms with Gasteiger partial charge in [0.05, 0.1) is 6.10 Å². The Morgan fingerprint density at radius 1 is 1.62 bits per heavy atom. The molecule has 1 aliphatic heterocycles. The predicted octanol–water partition coefficient (Wildman–Crippen LogP) is 0.834. The second-order valence-electron chi connectivity index (χ2n) is 4.08. The molecule has 0 amide bonds. The zero-order valence-corrected chi connectivity index (χ0v) is 9.05. The maximum atomic E-state index is 5.88. The van der Waals surface area contributed by atoms with Crippen molar-refractivity contribution in [1.29, 1.82) is 0 Å². The van der Waals surface area contributed by atoms with Gasteiger partial charge in [-0.1, -0.05) is 6.92 Å². The van der Waals surface area contributed by atoms with E-state index in [0.717, 1.165) is 32.5 Å². The number of ether oxygens (including phenoxy) is 1. The van der Waals surface area contributed by atoms with Crippen molar-refractivity contribution in [3.63, 3.8) is 0 Å². The molecule has 78 valence electrons. The van der Waals surface area contributed by atoms with Crippen molar-refractivity contribution in [3.8, 4) is 0 Å². The van der Waals surface area contributed by atoms with Gasteiger partial charge in [0.15, 0.2) is 0 Å². The number of nitrogens with zero attached hydrogens (tertiary/aromatic N) is 1. The first-order valence-electron chi connectivity index (χ1n) is 5.17. The van der Waals surface area contributed by atoms with Crippen molar-refractivity contribution in [2.24, 2.45) is 5.73 Å². The molecule has 2 unspecified atom stereocenters. The van der Waals surface area contributed by atoms with Crippen molar-refractivity contribution < 1.29 is 4.74 Å². The summed E-state index contributed by atoms with van der Waals surface area (Å²) in [5.41, 5.74) is 6.07. The molecule has 1 rings (SSSR count). The second-order valence-corrected chi connectivity index (χ2v) is 4.08. The number of likely N-dealkylation sites (N-methyl/N-ethyl adjacent to an activating group) is 1. The summed E-state index contributed by atoms with van der Waals surface area (Å²) in [5.74, 6) is 0. The summed E-state index contributed by atoms with van der Waals surface area (Å²) in [7, 11) is 2.16. The quantitative estimate of drug-likeness (QED) is 0.709. The molecular formula is C10H22N2O. The lowest BCUT2D eigenvalue weighted by molar-refractivity contribution is -0.0544. The highest BCUT2D eigenvalue weighted by Gasteiger charge is 2.37. The average Bonchev–Trinajstić information content (AvgIpc) is 2.16. The molecule has 0 radical (unpaired) electrons. The van der Waals surface area contributed by atoms with Crippen LogP contribution in [0.1, 0.15) is 26.7 Å². The average molecular weight is 186 g/mol. The van der Waals surface area contributed by atoms with Crippen molar-refractivity contribution >= 4 is 0 Å². The van der Waals surface area contributed by atoms with Crippen LogP contribution in [0.5, 0.6) is 0 Å². The van der Waals surface area contributed by atoms with Crippen LogP contribution in [0.15, 0.2) is 0 Å². The summed E-state index contributed by atoms with van der Waals surface area (Å²) in [6.45, 7) is 6.96. The van der Waals surface area contributed by atoms with Crippen LogP contribution < -0.4 is 5.73 Å². The van der Waals surface area contributed by atoms with Gasteiger partial charge in [-0.2, -0.15) is 0 Å². The van der Waals surface area contributed by atoms with Gasteiger partial charge in [0.1, 0.15) is 0 Å². The molecule has 1 fully saturated rings. The van der Waals surface area contributed by atoms with Crippen LogP contribution >= 0.6 is 0 Å². The predicted molar refractivity (Wildman–Crippen MR) is 54.7 cm³/mol. The number of hydrogen-bond acceptors (Lipinski definition) is 3. The number of hydrogen-bond donors (Lipinski definition) is 1. The van der Waals surface area contributed by atoms with Crippen LogP contribution in [-0.2, 0) is 4.74 Å². The van der Waals surface area contributed by atoms with Crippen LogP contribution in [0, 0.1) is 0 Å². The Morgan fingerprint density at radius 2 is 2.31 bits per heavy atom. The van der Waals surface area contributed by atoms with E-state index in [2.05, 4.69) is 25.8 Å². The molecule has 0 aromatic rings. The summed E-state index contributed by atoms with van der Waals surface area (Å²) in [5, 5.41) is 0. The zero-order chi connectivity index (χ0) is 9.90. The Morgan fingerprint density at radius 3 is 2.77 bits per heavy atom. The minimum Gasteiger partial charge on any atom is -0.378 e. The molecule has 2 N–H and O–H groups in total. The van der Waals surface area contributed by atoms with Crippen molar-refractivity contribution in [1.82, 2.24) is 4.90 Å². The highest BCUT2D eigenvalue weighted by Crippen LogP contribution is 2.28. The van der Waals surface area contributed by atoms with E-state index in [4.69, 9.17) is 10.5 Å². The van der Waals surface area contributed by atoms with Gasteiger partial charge in [-0.25, -0.2) is 0 Å². The van der Waals surface area contributed by atoms with E-state index in [0.29, 0.717) is 6.10 Å². The zero-order valence-electron chi connectivity index (χ0n) is 9.05. The lowest BCUT2D eigenvalue weighted by atomic mass is 9.85. The smallest absolute Gasteiger partial charge is 0.0565 e. The molecule has 0 aromatic carbocycles. The first-order chi connectivity index (χ1) is 6.14. The van der Waals surface area contributed by atoms with E-state index < -0.39 is 0 Å². The summed E-state index contributed by atoms with van der Waals surface area (Å²) < 4.78 is 5.55. The summed E-state index contributed by atoms with van der Waals surface area (Å²) in [6.07, 6.45) is 2.48. The van der Waals surface area contributed by atoms with Gasteiger partial charge in [0, 0.05) is 18.7 Å². The van der Waals surface area contributed by atoms with Crippen LogP contribution in [-0.4, -0.2) is 43.3 Å². The molecule has 0 spiro atoms. The third kappa shape index (κ3) is 2.22. The van der Waals surface area contributed by atoms with Gasteiger partial charge in [0.2, 0.25) is 0 Å². The normalized spacial score (nSPS) is 35.3. The molecule has 0 bridgehead atoms. The molecule has 3 heteroatoms. The number of nitrogens with two attached hydrogens (primary N) is 1. The topological polar surface area (TPSA) is 38.5 Å². The summed E-state index contributed by atoms with van der Waals surface area (Å²) in [4.78, 5) is 2.37. The van der Waals surface area contributed by atoms with Crippen molar-refractivity contribution in [2.45, 2.75) is 38.3 Å². The van der Waals surface area contributed by atoms with Gasteiger partial charge in [-0.3, -0.25) is 4.90 Å². The third-order valence-electron chi connectivity index (χ3n) is 3.30. The molecule has 1 aliphatic rings. The Labute approximate surface area is 81.2 Å². The molecule has 13 heavy (non-hydrogen) atoms. The van der Waals surface area contributed by atoms with E-state index in [-0.39, 0.29) is 5.54 Å². The lowest BCUT2D eigenvalue weighted by Crippen LogP contribution is -2.56. The van der Waals surface area contributed by atoms with E-state index in [9.17, 15) is 0 Å². The van der Waals surface area contributed by atoms with Crippen LogP contribution in [0.3, 0.4) is 0 Å². The van der Waals surface area contributed by atoms with E-state index in [1.165, 1.54) is 0 Å². The SMILES string of the molecule is CCN(C)C1(CN)CCOC(C)C1. The fourth-order valence-electron chi connectivity index (χ4n) is 2.17. The largest absolute Gasteiger partial charge is 0.378 e. The molecule has 3 nitrogen and oxygen atoms in total. The van der Waals surface area contributed by atoms with Crippen LogP contribution in [0.4, 0.5) is 0 Å². The van der Waals surface area contributed by atoms with Crippen LogP contribution in [0.2, 0.25) is 0 Å². The Bertz CT molecular complexity index is 163.